The van der Waals surface area contributed by atoms with E-state index in [0.29, 0.717) is 0 Å². The molecule has 0 aromatic heterocycles. The Balaban J connectivity index is 2.25. The molecule has 0 saturated carbocycles. The third kappa shape index (κ3) is 1.11. The third-order valence-corrected chi connectivity index (χ3v) is 2.68. The van der Waals surface area contributed by atoms with E-state index in [0.717, 1.165) is 0 Å². The van der Waals surface area contributed by atoms with Gasteiger partial charge in [0, 0.05) is 0 Å². The molecule has 0 amide bonds. The summed E-state index contributed by atoms with van der Waals surface area (Å²) in [4.78, 5) is 0. The zero-order valence-electron chi connectivity index (χ0n) is 6.96. The van der Waals surface area contributed by atoms with Crippen LogP contribution in [0.4, 0.5) is 0 Å². The second kappa shape index (κ2) is 2.88. The van der Waals surface area contributed by atoms with Gasteiger partial charge in [-0.15, -0.1) is 0 Å². The predicted molar refractivity (Wildman–Crippen MR) is 40.6 cm³/mol. The smallest absolute Gasteiger partial charge is 0.176 e. The van der Waals surface area contributed by atoms with E-state index in [-0.39, 0.29) is 6.61 Å². The van der Waals surface area contributed by atoms with Gasteiger partial charge in [0.2, 0.25) is 0 Å². The molecular formula is C7H13NO5. The Morgan fingerprint density at radius 1 is 1.46 bits per heavy atom. The number of ether oxygens (including phenoxy) is 2. The van der Waals surface area contributed by atoms with Crippen LogP contribution in [-0.4, -0.2) is 58.7 Å². The van der Waals surface area contributed by atoms with Crippen LogP contribution in [0.3, 0.4) is 0 Å². The van der Waals surface area contributed by atoms with Crippen LogP contribution in [0.25, 0.3) is 0 Å². The summed E-state index contributed by atoms with van der Waals surface area (Å²) in [7, 11) is 0. The van der Waals surface area contributed by atoms with Gasteiger partial charge in [-0.2, -0.15) is 0 Å². The van der Waals surface area contributed by atoms with Crippen molar-refractivity contribution < 1.29 is 24.8 Å². The molecule has 0 spiro atoms. The van der Waals surface area contributed by atoms with Crippen LogP contribution in [-0.2, 0) is 9.47 Å². The first kappa shape index (κ1) is 9.32. The highest BCUT2D eigenvalue weighted by atomic mass is 16.7. The maximum absolute atomic E-state index is 9.59. The molecule has 1 unspecified atom stereocenters. The highest BCUT2D eigenvalue weighted by Crippen LogP contribution is 2.35. The quantitative estimate of drug-likeness (QED) is 0.355. The Morgan fingerprint density at radius 3 is 2.77 bits per heavy atom. The molecule has 0 aliphatic carbocycles. The molecule has 2 rings (SSSR count). The molecule has 0 radical (unpaired) electrons. The van der Waals surface area contributed by atoms with Gasteiger partial charge >= 0.3 is 0 Å². The number of aliphatic hydroxyl groups excluding tert-OH is 3. The Morgan fingerprint density at radius 2 is 2.15 bits per heavy atom. The van der Waals surface area contributed by atoms with Gasteiger partial charge in [0.05, 0.1) is 19.3 Å². The number of rotatable bonds is 1. The van der Waals surface area contributed by atoms with Crippen LogP contribution in [0.2, 0.25) is 0 Å². The Hall–Kier alpha value is -0.240. The molecule has 2 fully saturated rings. The van der Waals surface area contributed by atoms with E-state index in [1.807, 2.05) is 0 Å². The van der Waals surface area contributed by atoms with E-state index >= 15 is 0 Å². The standard InChI is InChI=1S/C7H13NO5/c8-3-4(10)5(11)7(1-9)2-12-6(3)13-7/h3-6,9-11H,1-2,8H2/t3-,4-,5-,6?,7+/m1/s1. The Labute approximate surface area is 74.9 Å². The van der Waals surface area contributed by atoms with Crippen LogP contribution >= 0.6 is 0 Å². The number of hydrogen-bond acceptors (Lipinski definition) is 6. The molecular weight excluding hydrogens is 178 g/mol. The fraction of sp³-hybridized carbons (Fsp3) is 1.00. The van der Waals surface area contributed by atoms with Crippen LogP contribution in [0.1, 0.15) is 0 Å². The van der Waals surface area contributed by atoms with Gasteiger partial charge in [0.15, 0.2) is 6.29 Å². The van der Waals surface area contributed by atoms with E-state index in [1.54, 1.807) is 0 Å². The maximum Gasteiger partial charge on any atom is 0.176 e. The highest BCUT2D eigenvalue weighted by molar-refractivity contribution is 5.04. The number of aliphatic hydroxyl groups is 3. The van der Waals surface area contributed by atoms with Gasteiger partial charge < -0.3 is 30.5 Å². The van der Waals surface area contributed by atoms with E-state index in [2.05, 4.69) is 0 Å². The lowest BCUT2D eigenvalue weighted by Gasteiger charge is -2.40. The van der Waals surface area contributed by atoms with E-state index in [1.165, 1.54) is 0 Å². The van der Waals surface area contributed by atoms with Crippen molar-refractivity contribution >= 4 is 0 Å². The van der Waals surface area contributed by atoms with Gasteiger partial charge in [-0.1, -0.05) is 0 Å². The van der Waals surface area contributed by atoms with Crippen molar-refractivity contribution in [2.45, 2.75) is 30.1 Å². The normalized spacial score (nSPS) is 55.4. The third-order valence-electron chi connectivity index (χ3n) is 2.68. The SMILES string of the molecule is N[C@H]1C2OC[C@](CO)(O2)[C@H](O)[C@@H]1O. The number of hydrogen-bond donors (Lipinski definition) is 4. The summed E-state index contributed by atoms with van der Waals surface area (Å²) >= 11 is 0. The summed E-state index contributed by atoms with van der Waals surface area (Å²) in [5, 5.41) is 28.1. The van der Waals surface area contributed by atoms with Gasteiger partial charge in [-0.05, 0) is 0 Å². The molecule has 6 nitrogen and oxygen atoms in total. The van der Waals surface area contributed by atoms with Gasteiger partial charge in [-0.3, -0.25) is 0 Å². The van der Waals surface area contributed by atoms with Crippen molar-refractivity contribution in [2.75, 3.05) is 13.2 Å². The first-order valence-electron chi connectivity index (χ1n) is 4.13. The maximum atomic E-state index is 9.59. The molecule has 2 heterocycles. The van der Waals surface area contributed by atoms with Crippen LogP contribution < -0.4 is 5.73 Å². The largest absolute Gasteiger partial charge is 0.393 e. The van der Waals surface area contributed by atoms with Crippen molar-refractivity contribution in [3.8, 4) is 0 Å². The molecule has 5 N–H and O–H groups in total. The first-order chi connectivity index (χ1) is 6.10. The van der Waals surface area contributed by atoms with Gasteiger partial charge in [0.1, 0.15) is 17.8 Å². The molecule has 76 valence electrons. The summed E-state index contributed by atoms with van der Waals surface area (Å²) in [5.41, 5.74) is 4.33. The summed E-state index contributed by atoms with van der Waals surface area (Å²) in [6.45, 7) is -0.339. The molecule has 0 aromatic rings. The molecule has 6 heteroatoms. The summed E-state index contributed by atoms with van der Waals surface area (Å²) in [6, 6.07) is -0.767. The molecule has 2 aliphatic rings. The monoisotopic (exact) mass is 191 g/mol. The molecule has 0 aromatic carbocycles. The fourth-order valence-electron chi connectivity index (χ4n) is 1.73. The zero-order chi connectivity index (χ0) is 9.64. The van der Waals surface area contributed by atoms with Crippen LogP contribution in [0, 0.1) is 0 Å². The predicted octanol–water partition coefficient (Wildman–Crippen LogP) is -2.85. The number of fused-ring (bicyclic) bond motifs is 2. The average molecular weight is 191 g/mol. The first-order valence-corrected chi connectivity index (χ1v) is 4.13. The molecule has 2 aliphatic heterocycles. The van der Waals surface area contributed by atoms with Crippen LogP contribution in [0.15, 0.2) is 0 Å². The van der Waals surface area contributed by atoms with E-state index < -0.39 is 36.7 Å². The molecule has 2 saturated heterocycles. The minimum atomic E-state index is -1.20. The van der Waals surface area contributed by atoms with Crippen molar-refractivity contribution in [1.29, 1.82) is 0 Å². The van der Waals surface area contributed by atoms with Crippen molar-refractivity contribution in [1.82, 2.24) is 0 Å². The Bertz CT molecular complexity index is 213. The fourth-order valence-corrected chi connectivity index (χ4v) is 1.73. The topological polar surface area (TPSA) is 105 Å². The lowest BCUT2D eigenvalue weighted by Crippen LogP contribution is -2.64. The summed E-state index contributed by atoms with van der Waals surface area (Å²) in [5.74, 6) is 0. The van der Waals surface area contributed by atoms with E-state index in [9.17, 15) is 10.2 Å². The van der Waals surface area contributed by atoms with Gasteiger partial charge in [0.25, 0.3) is 0 Å². The second-order valence-electron chi connectivity index (χ2n) is 3.53. The minimum absolute atomic E-state index is 0.0556. The van der Waals surface area contributed by atoms with Gasteiger partial charge in [-0.25, -0.2) is 0 Å². The molecule has 2 bridgehead atoms. The van der Waals surface area contributed by atoms with Crippen molar-refractivity contribution in [2.24, 2.45) is 5.73 Å². The summed E-state index contributed by atoms with van der Waals surface area (Å²) < 4.78 is 10.3. The molecule has 13 heavy (non-hydrogen) atoms. The Kier molecular flexibility index (Phi) is 2.06. The van der Waals surface area contributed by atoms with Crippen molar-refractivity contribution in [3.63, 3.8) is 0 Å². The lowest BCUT2D eigenvalue weighted by molar-refractivity contribution is -0.228. The second-order valence-corrected chi connectivity index (χ2v) is 3.53. The van der Waals surface area contributed by atoms with Crippen molar-refractivity contribution in [3.05, 3.63) is 0 Å². The highest BCUT2D eigenvalue weighted by Gasteiger charge is 2.57. The molecule has 5 atom stereocenters. The summed E-state index contributed by atoms with van der Waals surface area (Å²) in [6.07, 6.45) is -3.05. The minimum Gasteiger partial charge on any atom is -0.393 e. The number of nitrogens with two attached hydrogens (primary N) is 1. The van der Waals surface area contributed by atoms with Crippen LogP contribution in [0.5, 0.6) is 0 Å². The average Bonchev–Trinajstić information content (AvgIpc) is 2.55. The lowest BCUT2D eigenvalue weighted by atomic mass is 9.89. The zero-order valence-corrected chi connectivity index (χ0v) is 6.96. The van der Waals surface area contributed by atoms with E-state index in [4.69, 9.17) is 20.3 Å².